The lowest BCUT2D eigenvalue weighted by atomic mass is 9.86. The van der Waals surface area contributed by atoms with Gasteiger partial charge in [-0.25, -0.2) is 4.79 Å². The van der Waals surface area contributed by atoms with Crippen LogP contribution in [-0.4, -0.2) is 17.1 Å². The summed E-state index contributed by atoms with van der Waals surface area (Å²) in [6.45, 7) is 12.0. The van der Waals surface area contributed by atoms with Crippen LogP contribution in [0.1, 0.15) is 81.4 Å². The maximum Gasteiger partial charge on any atom is 0.339 e. The van der Waals surface area contributed by atoms with Crippen LogP contribution in [-0.2, 0) is 16.7 Å². The van der Waals surface area contributed by atoms with E-state index in [2.05, 4.69) is 66.4 Å². The van der Waals surface area contributed by atoms with Crippen LogP contribution < -0.4 is 0 Å². The molecule has 3 nitrogen and oxygen atoms in total. The van der Waals surface area contributed by atoms with E-state index in [1.807, 2.05) is 13.0 Å². The van der Waals surface area contributed by atoms with Crippen LogP contribution in [0.5, 0.6) is 0 Å². The van der Waals surface area contributed by atoms with Gasteiger partial charge in [-0.2, -0.15) is 0 Å². The number of nitrogens with zero attached hydrogens (tertiary/aromatic N) is 1. The molecule has 0 amide bonds. The normalized spacial score (nSPS) is 15.5. The van der Waals surface area contributed by atoms with E-state index in [1.165, 1.54) is 37.7 Å². The maximum absolute atomic E-state index is 12.6. The molecule has 1 aliphatic carbocycles. The Morgan fingerprint density at radius 2 is 1.83 bits per heavy atom. The lowest BCUT2D eigenvalue weighted by Gasteiger charge is -2.25. The van der Waals surface area contributed by atoms with Crippen molar-refractivity contribution in [2.75, 3.05) is 6.61 Å². The number of rotatable bonds is 5. The molecule has 1 aromatic heterocycles. The van der Waals surface area contributed by atoms with Crippen molar-refractivity contribution in [1.82, 2.24) is 4.57 Å². The summed E-state index contributed by atoms with van der Waals surface area (Å²) in [5, 5.41) is 0. The summed E-state index contributed by atoms with van der Waals surface area (Å²) in [5.74, 6) is 0.456. The number of hydrogen-bond donors (Lipinski definition) is 0. The number of carbonyl (C=O) groups is 1. The number of esters is 1. The van der Waals surface area contributed by atoms with Gasteiger partial charge in [0.05, 0.1) is 12.2 Å². The van der Waals surface area contributed by atoms with Gasteiger partial charge in [0, 0.05) is 22.4 Å². The van der Waals surface area contributed by atoms with Crippen molar-refractivity contribution in [1.29, 1.82) is 0 Å². The quantitative estimate of drug-likeness (QED) is 0.439. The monoisotopic (exact) mass is 459 g/mol. The molecular formula is C25H34BrNO2. The lowest BCUT2D eigenvalue weighted by molar-refractivity contribution is 0.0525. The Morgan fingerprint density at radius 3 is 2.45 bits per heavy atom. The maximum atomic E-state index is 12.6. The predicted molar refractivity (Wildman–Crippen MR) is 124 cm³/mol. The van der Waals surface area contributed by atoms with E-state index < -0.39 is 0 Å². The minimum absolute atomic E-state index is 0.0539. The molecule has 1 saturated carbocycles. The second-order valence-electron chi connectivity index (χ2n) is 9.34. The van der Waals surface area contributed by atoms with Gasteiger partial charge in [0.25, 0.3) is 0 Å². The van der Waals surface area contributed by atoms with Crippen molar-refractivity contribution in [3.8, 4) is 11.3 Å². The minimum atomic E-state index is -0.223. The van der Waals surface area contributed by atoms with Gasteiger partial charge in [-0.05, 0) is 73.4 Å². The van der Waals surface area contributed by atoms with Crippen molar-refractivity contribution >= 4 is 21.9 Å². The van der Waals surface area contributed by atoms with Crippen LogP contribution >= 0.6 is 15.9 Å². The highest BCUT2D eigenvalue weighted by Gasteiger charge is 2.24. The topological polar surface area (TPSA) is 31.2 Å². The van der Waals surface area contributed by atoms with E-state index >= 15 is 0 Å². The highest BCUT2D eigenvalue weighted by atomic mass is 79.9. The second-order valence-corrected chi connectivity index (χ2v) is 10.3. The van der Waals surface area contributed by atoms with E-state index in [1.54, 1.807) is 0 Å². The van der Waals surface area contributed by atoms with Crippen molar-refractivity contribution in [3.63, 3.8) is 0 Å². The van der Waals surface area contributed by atoms with E-state index in [0.29, 0.717) is 18.1 Å². The fourth-order valence-corrected chi connectivity index (χ4v) is 4.83. The average Bonchev–Trinajstić information content (AvgIpc) is 2.98. The van der Waals surface area contributed by atoms with Crippen molar-refractivity contribution in [3.05, 3.63) is 45.6 Å². The zero-order valence-electron chi connectivity index (χ0n) is 18.5. The molecule has 4 heteroatoms. The summed E-state index contributed by atoms with van der Waals surface area (Å²) in [6, 6.07) is 8.66. The van der Waals surface area contributed by atoms with Gasteiger partial charge in [-0.3, -0.25) is 0 Å². The summed E-state index contributed by atoms with van der Waals surface area (Å²) >= 11 is 3.70. The highest BCUT2D eigenvalue weighted by Crippen LogP contribution is 2.35. The molecule has 0 bridgehead atoms. The van der Waals surface area contributed by atoms with E-state index in [0.717, 1.165) is 28.0 Å². The molecule has 1 aromatic carbocycles. The molecule has 0 spiro atoms. The smallest absolute Gasteiger partial charge is 0.339 e. The van der Waals surface area contributed by atoms with Gasteiger partial charge in [-0.15, -0.1) is 0 Å². The third-order valence-corrected chi connectivity index (χ3v) is 6.54. The third kappa shape index (κ3) is 5.14. The fourth-order valence-electron chi connectivity index (χ4n) is 4.33. The summed E-state index contributed by atoms with van der Waals surface area (Å²) in [7, 11) is 0. The number of ether oxygens (including phenoxy) is 1. The standard InChI is InChI=1S/C25H34BrNO2/c1-6-29-24(28)22-15-23(19-12-20(25(3,4)5)14-21(26)13-19)27(17(22)2)16-18-10-8-7-9-11-18/h12-15,18H,6-11,16H2,1-5H3. The molecule has 2 aromatic rings. The van der Waals surface area contributed by atoms with Crippen LogP contribution in [0.2, 0.25) is 0 Å². The van der Waals surface area contributed by atoms with Gasteiger partial charge in [-0.1, -0.05) is 56.0 Å². The van der Waals surface area contributed by atoms with Crippen molar-refractivity contribution in [2.45, 2.75) is 78.7 Å². The van der Waals surface area contributed by atoms with Gasteiger partial charge >= 0.3 is 5.97 Å². The lowest BCUT2D eigenvalue weighted by Crippen LogP contribution is -2.16. The van der Waals surface area contributed by atoms with Crippen LogP contribution in [0.3, 0.4) is 0 Å². The van der Waals surface area contributed by atoms with E-state index in [-0.39, 0.29) is 11.4 Å². The number of halogens is 1. The largest absolute Gasteiger partial charge is 0.462 e. The molecule has 0 saturated heterocycles. The highest BCUT2D eigenvalue weighted by molar-refractivity contribution is 9.10. The van der Waals surface area contributed by atoms with Gasteiger partial charge in [0.1, 0.15) is 0 Å². The summed E-state index contributed by atoms with van der Waals surface area (Å²) < 4.78 is 8.77. The number of benzene rings is 1. The van der Waals surface area contributed by atoms with Crippen LogP contribution in [0.4, 0.5) is 0 Å². The van der Waals surface area contributed by atoms with Gasteiger partial charge in [0.15, 0.2) is 0 Å². The first kappa shape index (κ1) is 22.1. The molecule has 1 aliphatic rings. The molecule has 29 heavy (non-hydrogen) atoms. The molecule has 0 atom stereocenters. The molecule has 1 fully saturated rings. The summed E-state index contributed by atoms with van der Waals surface area (Å²) in [6.07, 6.45) is 6.53. The molecule has 0 radical (unpaired) electrons. The molecule has 0 N–H and O–H groups in total. The molecule has 0 aliphatic heterocycles. The van der Waals surface area contributed by atoms with E-state index in [4.69, 9.17) is 4.74 Å². The average molecular weight is 460 g/mol. The predicted octanol–water partition coefficient (Wildman–Crippen LogP) is 7.28. The molecular weight excluding hydrogens is 426 g/mol. The second kappa shape index (κ2) is 9.07. The van der Waals surface area contributed by atoms with Crippen molar-refractivity contribution in [2.24, 2.45) is 5.92 Å². The van der Waals surface area contributed by atoms with E-state index in [9.17, 15) is 4.79 Å². The van der Waals surface area contributed by atoms with Gasteiger partial charge in [0.2, 0.25) is 0 Å². The zero-order chi connectivity index (χ0) is 21.2. The Morgan fingerprint density at radius 1 is 1.14 bits per heavy atom. The molecule has 3 rings (SSSR count). The Balaban J connectivity index is 2.10. The minimum Gasteiger partial charge on any atom is -0.462 e. The Bertz CT molecular complexity index is 870. The molecule has 1 heterocycles. The summed E-state index contributed by atoms with van der Waals surface area (Å²) in [5.41, 5.74) is 5.30. The number of hydrogen-bond acceptors (Lipinski definition) is 2. The Hall–Kier alpha value is -1.55. The number of aromatic nitrogens is 1. The molecule has 158 valence electrons. The zero-order valence-corrected chi connectivity index (χ0v) is 20.1. The first-order chi connectivity index (χ1) is 13.7. The van der Waals surface area contributed by atoms with Crippen LogP contribution in [0.15, 0.2) is 28.7 Å². The van der Waals surface area contributed by atoms with Crippen LogP contribution in [0, 0.1) is 12.8 Å². The Kier molecular flexibility index (Phi) is 6.93. The Labute approximate surface area is 184 Å². The molecule has 0 unspecified atom stereocenters. The van der Waals surface area contributed by atoms with Crippen LogP contribution in [0.25, 0.3) is 11.3 Å². The number of carbonyl (C=O) groups excluding carboxylic acids is 1. The third-order valence-electron chi connectivity index (χ3n) is 6.09. The summed E-state index contributed by atoms with van der Waals surface area (Å²) in [4.78, 5) is 12.6. The van der Waals surface area contributed by atoms with Gasteiger partial charge < -0.3 is 9.30 Å². The first-order valence-electron chi connectivity index (χ1n) is 10.9. The fraction of sp³-hybridized carbons (Fsp3) is 0.560. The van der Waals surface area contributed by atoms with Crippen molar-refractivity contribution < 1.29 is 9.53 Å². The first-order valence-corrected chi connectivity index (χ1v) is 11.7. The SMILES string of the molecule is CCOC(=O)c1cc(-c2cc(Br)cc(C(C)(C)C)c2)n(CC2CCCCC2)c1C.